The Morgan fingerprint density at radius 3 is 2.54 bits per heavy atom. The van der Waals surface area contributed by atoms with Crippen LogP contribution in [0, 0.1) is 11.3 Å². The van der Waals surface area contributed by atoms with Crippen molar-refractivity contribution in [2.24, 2.45) is 18.4 Å². The molecule has 1 aliphatic carbocycles. The van der Waals surface area contributed by atoms with Crippen LogP contribution >= 0.6 is 0 Å². The van der Waals surface area contributed by atoms with Gasteiger partial charge in [0.05, 0.1) is 25.3 Å². The highest BCUT2D eigenvalue weighted by Crippen LogP contribution is 2.54. The van der Waals surface area contributed by atoms with Crippen LogP contribution in [-0.2, 0) is 36.3 Å². The molecule has 41 heavy (non-hydrogen) atoms. The smallest absolute Gasteiger partial charge is 0.396 e. The highest BCUT2D eigenvalue weighted by molar-refractivity contribution is 6.11. The Kier molecular flexibility index (Phi) is 5.99. The van der Waals surface area contributed by atoms with Crippen molar-refractivity contribution in [1.82, 2.24) is 14.8 Å². The number of hydrogen-bond donors (Lipinski definition) is 1. The van der Waals surface area contributed by atoms with Gasteiger partial charge in [0.2, 0.25) is 0 Å². The third kappa shape index (κ3) is 4.32. The first-order valence-corrected chi connectivity index (χ1v) is 14.0. The molecule has 0 atom stereocenters. The van der Waals surface area contributed by atoms with Gasteiger partial charge in [-0.2, -0.15) is 13.2 Å². The number of carbonyl (C=O) groups is 1. The molecule has 3 aliphatic heterocycles. The van der Waals surface area contributed by atoms with E-state index in [2.05, 4.69) is 10.2 Å². The number of alkyl halides is 3. The summed E-state index contributed by atoms with van der Waals surface area (Å²) in [6, 6.07) is 10.3. The molecule has 0 bridgehead atoms. The molecule has 11 heteroatoms. The SMILES string of the molecule is Cn1cnnc1CC1(c2cccc(N3Cc4c(cc(N5CC6(CC(CCO)C6)C5)cc4C(F)(F)F)C3=O)c2)COC1. The number of aromatic nitrogens is 3. The van der Waals surface area contributed by atoms with Gasteiger partial charge in [0, 0.05) is 60.9 Å². The molecular formula is C30H32F3N5O3. The number of aliphatic hydroxyl groups is 1. The van der Waals surface area contributed by atoms with Crippen LogP contribution in [0.3, 0.4) is 0 Å². The van der Waals surface area contributed by atoms with Crippen molar-refractivity contribution in [3.63, 3.8) is 0 Å². The lowest BCUT2D eigenvalue weighted by Crippen LogP contribution is -2.62. The summed E-state index contributed by atoms with van der Waals surface area (Å²) in [7, 11) is 1.88. The molecule has 3 aromatic rings. The molecule has 7 rings (SSSR count). The minimum absolute atomic E-state index is 0.0271. The lowest BCUT2D eigenvalue weighted by Gasteiger charge is -2.60. The van der Waals surface area contributed by atoms with Gasteiger partial charge in [0.1, 0.15) is 12.2 Å². The minimum atomic E-state index is -4.58. The molecule has 8 nitrogen and oxygen atoms in total. The zero-order chi connectivity index (χ0) is 28.6. The van der Waals surface area contributed by atoms with E-state index < -0.39 is 17.6 Å². The number of benzene rings is 2. The number of anilines is 2. The number of halogens is 3. The van der Waals surface area contributed by atoms with Gasteiger partial charge in [-0.1, -0.05) is 12.1 Å². The van der Waals surface area contributed by atoms with Gasteiger partial charge in [0.25, 0.3) is 5.91 Å². The normalized spacial score (nSPS) is 21.0. The Bertz CT molecular complexity index is 1500. The summed E-state index contributed by atoms with van der Waals surface area (Å²) in [5, 5.41) is 17.4. The van der Waals surface area contributed by atoms with Crippen LogP contribution in [0.2, 0.25) is 0 Å². The summed E-state index contributed by atoms with van der Waals surface area (Å²) in [6.45, 7) is 2.37. The average molecular weight is 568 g/mol. The van der Waals surface area contributed by atoms with Gasteiger partial charge in [-0.25, -0.2) is 0 Å². The largest absolute Gasteiger partial charge is 0.416 e. The minimum Gasteiger partial charge on any atom is -0.396 e. The van der Waals surface area contributed by atoms with Crippen molar-refractivity contribution in [2.75, 3.05) is 42.7 Å². The van der Waals surface area contributed by atoms with E-state index in [-0.39, 0.29) is 35.1 Å². The number of rotatable bonds is 7. The summed E-state index contributed by atoms with van der Waals surface area (Å²) < 4.78 is 50.4. The highest BCUT2D eigenvalue weighted by atomic mass is 19.4. The number of carbonyl (C=O) groups excluding carboxylic acids is 1. The molecule has 3 fully saturated rings. The summed E-state index contributed by atoms with van der Waals surface area (Å²) >= 11 is 0. The third-order valence-electron chi connectivity index (χ3n) is 9.56. The number of nitrogens with zero attached hydrogens (tertiary/aromatic N) is 5. The van der Waals surface area contributed by atoms with Crippen molar-refractivity contribution in [1.29, 1.82) is 0 Å². The van der Waals surface area contributed by atoms with E-state index in [1.807, 2.05) is 34.7 Å². The maximum atomic E-state index is 14.3. The van der Waals surface area contributed by atoms with Crippen LogP contribution in [0.5, 0.6) is 0 Å². The molecule has 1 N–H and O–H groups in total. The number of amides is 1. The Morgan fingerprint density at radius 1 is 1.12 bits per heavy atom. The number of ether oxygens (including phenoxy) is 1. The molecule has 4 heterocycles. The quantitative estimate of drug-likeness (QED) is 0.463. The van der Waals surface area contributed by atoms with Gasteiger partial charge in [-0.05, 0) is 60.6 Å². The summed E-state index contributed by atoms with van der Waals surface area (Å²) in [4.78, 5) is 17.1. The first-order chi connectivity index (χ1) is 19.6. The second-order valence-electron chi connectivity index (χ2n) is 12.4. The van der Waals surface area contributed by atoms with Gasteiger partial charge in [-0.15, -0.1) is 10.2 Å². The van der Waals surface area contributed by atoms with Crippen LogP contribution in [0.25, 0.3) is 0 Å². The molecule has 216 valence electrons. The number of hydrogen-bond acceptors (Lipinski definition) is 6. The van der Waals surface area contributed by atoms with Gasteiger partial charge in [0.15, 0.2) is 0 Å². The van der Waals surface area contributed by atoms with Crippen LogP contribution in [0.4, 0.5) is 24.5 Å². The molecule has 0 radical (unpaired) electrons. The second-order valence-corrected chi connectivity index (χ2v) is 12.4. The Balaban J connectivity index is 1.16. The predicted octanol–water partition coefficient (Wildman–Crippen LogP) is 4.10. The fraction of sp³-hybridized carbons (Fsp3) is 0.500. The average Bonchev–Trinajstić information content (AvgIpc) is 3.43. The topological polar surface area (TPSA) is 83.7 Å². The molecular weight excluding hydrogens is 535 g/mol. The van der Waals surface area contributed by atoms with E-state index in [9.17, 15) is 23.1 Å². The fourth-order valence-electron chi connectivity index (χ4n) is 7.29. The van der Waals surface area contributed by atoms with E-state index in [4.69, 9.17) is 4.74 Å². The fourth-order valence-corrected chi connectivity index (χ4v) is 7.29. The maximum absolute atomic E-state index is 14.3. The first-order valence-electron chi connectivity index (χ1n) is 14.0. The molecule has 2 saturated heterocycles. The molecule has 1 aromatic heterocycles. The zero-order valence-electron chi connectivity index (χ0n) is 22.8. The summed E-state index contributed by atoms with van der Waals surface area (Å²) in [5.74, 6) is 0.882. The van der Waals surface area contributed by atoms with Crippen molar-refractivity contribution in [3.8, 4) is 0 Å². The van der Waals surface area contributed by atoms with Crippen molar-refractivity contribution >= 4 is 17.3 Å². The van der Waals surface area contributed by atoms with E-state index in [0.717, 1.165) is 30.7 Å². The van der Waals surface area contributed by atoms with Gasteiger partial charge >= 0.3 is 6.18 Å². The molecule has 4 aliphatic rings. The Hall–Kier alpha value is -3.44. The molecule has 0 unspecified atom stereocenters. The maximum Gasteiger partial charge on any atom is 0.416 e. The van der Waals surface area contributed by atoms with Crippen LogP contribution in [0.1, 0.15) is 52.1 Å². The number of fused-ring (bicyclic) bond motifs is 1. The Labute approximate surface area is 235 Å². The molecule has 1 spiro atoms. The molecule has 2 aromatic carbocycles. The molecule has 1 amide bonds. The van der Waals surface area contributed by atoms with Crippen LogP contribution in [0.15, 0.2) is 42.7 Å². The predicted molar refractivity (Wildman–Crippen MR) is 145 cm³/mol. The lowest BCUT2D eigenvalue weighted by molar-refractivity contribution is -0.138. The van der Waals surface area contributed by atoms with Crippen molar-refractivity contribution in [3.05, 3.63) is 70.8 Å². The first kappa shape index (κ1) is 26.5. The summed E-state index contributed by atoms with van der Waals surface area (Å²) in [5.41, 5.74) is 1.15. The van der Waals surface area contributed by atoms with Crippen molar-refractivity contribution in [2.45, 2.75) is 43.8 Å². The van der Waals surface area contributed by atoms with Gasteiger partial charge in [-0.3, -0.25) is 4.79 Å². The van der Waals surface area contributed by atoms with Crippen LogP contribution < -0.4 is 9.80 Å². The third-order valence-corrected chi connectivity index (χ3v) is 9.56. The summed E-state index contributed by atoms with van der Waals surface area (Å²) in [6.07, 6.45) is 0.430. The van der Waals surface area contributed by atoms with E-state index in [0.29, 0.717) is 50.0 Å². The highest BCUT2D eigenvalue weighted by Gasteiger charge is 2.52. The van der Waals surface area contributed by atoms with Crippen LogP contribution in [-0.4, -0.2) is 58.7 Å². The van der Waals surface area contributed by atoms with E-state index >= 15 is 0 Å². The molecule has 1 saturated carbocycles. The standard InChI is InChI=1S/C30H32F3N5O3/c1-36-18-34-35-26(36)12-29(16-41-17-29)20-3-2-4-21(7-20)38-13-24-23(27(38)40)8-22(9-25(24)30(31,32)33)37-14-28(15-37)10-19(11-28)5-6-39/h2-4,7-9,18-19,39H,5-6,10-17H2,1H3. The number of aliphatic hydroxyl groups excluding tert-OH is 1. The van der Waals surface area contributed by atoms with E-state index in [1.54, 1.807) is 18.5 Å². The number of aryl methyl sites for hydroxylation is 1. The Morgan fingerprint density at radius 2 is 1.90 bits per heavy atom. The monoisotopic (exact) mass is 567 g/mol. The van der Waals surface area contributed by atoms with E-state index in [1.165, 1.54) is 11.0 Å². The zero-order valence-corrected chi connectivity index (χ0v) is 22.8. The lowest BCUT2D eigenvalue weighted by atomic mass is 9.57. The second kappa shape index (κ2) is 9.29. The van der Waals surface area contributed by atoms with Gasteiger partial charge < -0.3 is 24.2 Å². The van der Waals surface area contributed by atoms with Crippen molar-refractivity contribution < 1.29 is 27.8 Å².